The van der Waals surface area contributed by atoms with Crippen LogP contribution in [0.1, 0.15) is 73.5 Å². The maximum Gasteiger partial charge on any atom is 0.249 e. The van der Waals surface area contributed by atoms with Crippen molar-refractivity contribution in [1.82, 2.24) is 5.32 Å². The Kier molecular flexibility index (Phi) is 4.07. The first-order valence-electron chi connectivity index (χ1n) is 10.7. The second kappa shape index (κ2) is 6.19. The van der Waals surface area contributed by atoms with Gasteiger partial charge >= 0.3 is 0 Å². The smallest absolute Gasteiger partial charge is 0.249 e. The highest BCUT2D eigenvalue weighted by Gasteiger charge is 2.60. The molecule has 0 saturated heterocycles. The average Bonchev–Trinajstić information content (AvgIpc) is 3.26. The molecule has 3 fully saturated rings. The molecule has 0 aromatic carbocycles. The van der Waals surface area contributed by atoms with Crippen molar-refractivity contribution in [3.8, 4) is 0 Å². The van der Waals surface area contributed by atoms with Gasteiger partial charge in [0.25, 0.3) is 0 Å². The van der Waals surface area contributed by atoms with E-state index in [9.17, 15) is 9.59 Å². The molecular formula is C23H30N2O2S. The van der Waals surface area contributed by atoms with Crippen LogP contribution in [0.2, 0.25) is 0 Å². The van der Waals surface area contributed by atoms with Crippen molar-refractivity contribution in [1.29, 1.82) is 0 Å². The summed E-state index contributed by atoms with van der Waals surface area (Å²) in [5.41, 5.74) is 6.75. The van der Waals surface area contributed by atoms with E-state index in [1.807, 2.05) is 11.4 Å². The molecule has 0 bridgehead atoms. The first-order chi connectivity index (χ1) is 13.3. The number of rotatable bonds is 2. The van der Waals surface area contributed by atoms with Crippen molar-refractivity contribution in [2.75, 3.05) is 0 Å². The van der Waals surface area contributed by atoms with E-state index in [4.69, 9.17) is 5.73 Å². The van der Waals surface area contributed by atoms with Crippen LogP contribution in [-0.4, -0.2) is 17.9 Å². The van der Waals surface area contributed by atoms with Crippen molar-refractivity contribution in [2.45, 2.75) is 64.3 Å². The van der Waals surface area contributed by atoms with E-state index in [0.717, 1.165) is 18.4 Å². The third-order valence-corrected chi connectivity index (χ3v) is 9.99. The zero-order valence-electron chi connectivity index (χ0n) is 16.7. The molecular weight excluding hydrogens is 368 g/mol. The SMILES string of the molecule is C[C@]12C=CC(=O)NC1CC[C@@H]1[C@H]2CC[C@]2(C)C(c3sccc3C(N)=O)CC[C@@H]12. The standard InChI is InChI=1S/C23H30N2O2S/c1-22-10-7-16-13(3-6-18-23(16,2)11-8-19(26)25-18)15(22)4-5-17(22)20-14(21(24)27)9-12-28-20/h8-9,11-13,15-18H,3-7,10H2,1-2H3,(H2,24,27)(H,25,26)/t13-,15-,16+,17?,18?,22-,23+/m0/s1. The number of nitrogens with two attached hydrogens (primary N) is 1. The predicted octanol–water partition coefficient (Wildman–Crippen LogP) is 4.23. The lowest BCUT2D eigenvalue weighted by Crippen LogP contribution is -2.59. The number of carbonyl (C=O) groups excluding carboxylic acids is 2. The molecule has 5 rings (SSSR count). The highest BCUT2D eigenvalue weighted by atomic mass is 32.1. The first kappa shape index (κ1) is 18.4. The van der Waals surface area contributed by atoms with Gasteiger partial charge in [-0.1, -0.05) is 19.9 Å². The van der Waals surface area contributed by atoms with Crippen LogP contribution in [0.4, 0.5) is 0 Å². The third-order valence-electron chi connectivity index (χ3n) is 8.96. The van der Waals surface area contributed by atoms with E-state index in [0.29, 0.717) is 23.7 Å². The minimum Gasteiger partial charge on any atom is -0.366 e. The number of primary amides is 1. The van der Waals surface area contributed by atoms with Crippen molar-refractivity contribution in [3.05, 3.63) is 34.0 Å². The van der Waals surface area contributed by atoms with E-state index in [2.05, 4.69) is 25.2 Å². The van der Waals surface area contributed by atoms with Gasteiger partial charge in [0, 0.05) is 16.3 Å². The van der Waals surface area contributed by atoms with Crippen LogP contribution in [0.5, 0.6) is 0 Å². The van der Waals surface area contributed by atoms with Gasteiger partial charge in [-0.05, 0) is 85.1 Å². The fourth-order valence-electron chi connectivity index (χ4n) is 7.56. The summed E-state index contributed by atoms with van der Waals surface area (Å²) in [6.45, 7) is 4.84. The molecule has 7 atom stereocenters. The number of hydrogen-bond donors (Lipinski definition) is 2. The van der Waals surface area contributed by atoms with Gasteiger partial charge in [-0.15, -0.1) is 11.3 Å². The van der Waals surface area contributed by atoms with E-state index in [1.54, 1.807) is 17.4 Å². The van der Waals surface area contributed by atoms with Gasteiger partial charge < -0.3 is 11.1 Å². The minimum absolute atomic E-state index is 0.0687. The lowest BCUT2D eigenvalue weighted by Gasteiger charge is -2.58. The molecule has 0 spiro atoms. The number of fused-ring (bicyclic) bond motifs is 5. The molecule has 2 heterocycles. The maximum absolute atomic E-state index is 11.9. The average molecular weight is 399 g/mol. The third kappa shape index (κ3) is 2.41. The molecule has 2 amide bonds. The summed E-state index contributed by atoms with van der Waals surface area (Å²) >= 11 is 1.72. The van der Waals surface area contributed by atoms with Crippen molar-refractivity contribution < 1.29 is 9.59 Å². The molecule has 2 unspecified atom stereocenters. The monoisotopic (exact) mass is 398 g/mol. The van der Waals surface area contributed by atoms with E-state index in [1.165, 1.54) is 30.6 Å². The largest absolute Gasteiger partial charge is 0.366 e. The van der Waals surface area contributed by atoms with Crippen molar-refractivity contribution in [2.24, 2.45) is 34.3 Å². The Balaban J connectivity index is 1.47. The highest BCUT2D eigenvalue weighted by Crippen LogP contribution is 2.67. The Morgan fingerprint density at radius 2 is 2.00 bits per heavy atom. The van der Waals surface area contributed by atoms with Gasteiger partial charge in [0.15, 0.2) is 0 Å². The van der Waals surface area contributed by atoms with Gasteiger partial charge in [-0.3, -0.25) is 9.59 Å². The number of nitrogens with one attached hydrogen (secondary N) is 1. The summed E-state index contributed by atoms with van der Waals surface area (Å²) < 4.78 is 0. The predicted molar refractivity (Wildman–Crippen MR) is 111 cm³/mol. The first-order valence-corrected chi connectivity index (χ1v) is 11.6. The Hall–Kier alpha value is -1.62. The minimum atomic E-state index is -0.284. The maximum atomic E-state index is 11.9. The fourth-order valence-corrected chi connectivity index (χ4v) is 8.76. The summed E-state index contributed by atoms with van der Waals surface area (Å²) in [5.74, 6) is 2.28. The zero-order chi connectivity index (χ0) is 19.7. The summed E-state index contributed by atoms with van der Waals surface area (Å²) in [7, 11) is 0. The molecule has 150 valence electrons. The fraction of sp³-hybridized carbons (Fsp3) is 0.652. The summed E-state index contributed by atoms with van der Waals surface area (Å²) in [4.78, 5) is 25.0. The second-order valence-electron chi connectivity index (χ2n) is 9.95. The topological polar surface area (TPSA) is 72.2 Å². The molecule has 0 radical (unpaired) electrons. The Bertz CT molecular complexity index is 861. The molecule has 1 aromatic rings. The normalized spacial score (nSPS) is 44.4. The zero-order valence-corrected chi connectivity index (χ0v) is 17.6. The quantitative estimate of drug-likeness (QED) is 0.782. The van der Waals surface area contributed by atoms with E-state index < -0.39 is 0 Å². The number of hydrogen-bond acceptors (Lipinski definition) is 3. The van der Waals surface area contributed by atoms with Crippen LogP contribution >= 0.6 is 11.3 Å². The summed E-state index contributed by atoms with van der Waals surface area (Å²) in [6, 6.07) is 2.19. The molecule has 1 aromatic heterocycles. The van der Waals surface area contributed by atoms with Crippen molar-refractivity contribution in [3.63, 3.8) is 0 Å². The van der Waals surface area contributed by atoms with E-state index >= 15 is 0 Å². The summed E-state index contributed by atoms with van der Waals surface area (Å²) in [6.07, 6.45) is 11.1. The van der Waals surface area contributed by atoms with Gasteiger partial charge in [0.1, 0.15) is 0 Å². The molecule has 1 aliphatic heterocycles. The van der Waals surface area contributed by atoms with Gasteiger partial charge in [-0.2, -0.15) is 0 Å². The molecule has 4 aliphatic rings. The van der Waals surface area contributed by atoms with Crippen LogP contribution < -0.4 is 11.1 Å². The van der Waals surface area contributed by atoms with Gasteiger partial charge in [0.05, 0.1) is 5.56 Å². The van der Waals surface area contributed by atoms with Crippen molar-refractivity contribution >= 4 is 23.2 Å². The second-order valence-corrected chi connectivity index (χ2v) is 10.9. The number of amides is 2. The van der Waals surface area contributed by atoms with Gasteiger partial charge in [-0.25, -0.2) is 0 Å². The highest BCUT2D eigenvalue weighted by molar-refractivity contribution is 7.10. The van der Waals surface area contributed by atoms with Crippen LogP contribution in [0.25, 0.3) is 0 Å². The van der Waals surface area contributed by atoms with Crippen LogP contribution in [0.3, 0.4) is 0 Å². The van der Waals surface area contributed by atoms with Gasteiger partial charge in [0.2, 0.25) is 11.8 Å². The molecule has 3 saturated carbocycles. The molecule has 4 nitrogen and oxygen atoms in total. The lowest BCUT2D eigenvalue weighted by atomic mass is 9.48. The van der Waals surface area contributed by atoms with Crippen LogP contribution in [-0.2, 0) is 4.79 Å². The molecule has 28 heavy (non-hydrogen) atoms. The van der Waals surface area contributed by atoms with Crippen LogP contribution in [0.15, 0.2) is 23.6 Å². The summed E-state index contributed by atoms with van der Waals surface area (Å²) in [5, 5.41) is 5.26. The molecule has 5 heteroatoms. The lowest BCUT2D eigenvalue weighted by molar-refractivity contribution is -0.122. The molecule has 3 aliphatic carbocycles. The van der Waals surface area contributed by atoms with Crippen LogP contribution in [0, 0.1) is 28.6 Å². The Labute approximate surface area is 171 Å². The Morgan fingerprint density at radius 1 is 1.18 bits per heavy atom. The number of thiophene rings is 1. The Morgan fingerprint density at radius 3 is 2.79 bits per heavy atom. The number of carbonyl (C=O) groups is 2. The molecule has 3 N–H and O–H groups in total. The van der Waals surface area contributed by atoms with E-state index in [-0.39, 0.29) is 28.7 Å².